The van der Waals surface area contributed by atoms with Gasteiger partial charge in [-0.1, -0.05) is 17.4 Å². The van der Waals surface area contributed by atoms with Gasteiger partial charge in [-0.05, 0) is 32.9 Å². The van der Waals surface area contributed by atoms with Crippen molar-refractivity contribution < 1.29 is 19.4 Å². The van der Waals surface area contributed by atoms with E-state index < -0.39 is 17.7 Å². The van der Waals surface area contributed by atoms with Crippen molar-refractivity contribution >= 4 is 38.7 Å². The molecule has 1 aromatic carbocycles. The molecule has 7 heteroatoms. The van der Waals surface area contributed by atoms with Crippen molar-refractivity contribution in [2.75, 3.05) is 5.32 Å². The first kappa shape index (κ1) is 14.3. The van der Waals surface area contributed by atoms with E-state index in [0.717, 1.165) is 11.3 Å². The lowest BCUT2D eigenvalue weighted by Crippen LogP contribution is -2.27. The van der Waals surface area contributed by atoms with Crippen molar-refractivity contribution in [3.05, 3.63) is 23.8 Å². The Balaban J connectivity index is 2.27. The van der Waals surface area contributed by atoms with Gasteiger partial charge >= 0.3 is 12.1 Å². The number of hydrogen-bond donors (Lipinski definition) is 2. The van der Waals surface area contributed by atoms with Gasteiger partial charge in [0.05, 0.1) is 15.8 Å². The summed E-state index contributed by atoms with van der Waals surface area (Å²) in [6.45, 7) is 5.27. The van der Waals surface area contributed by atoms with Crippen molar-refractivity contribution in [2.24, 2.45) is 0 Å². The van der Waals surface area contributed by atoms with Crippen LogP contribution in [-0.2, 0) is 4.74 Å². The van der Waals surface area contributed by atoms with Gasteiger partial charge < -0.3 is 9.84 Å². The molecular formula is C13H14N2O4S. The molecule has 0 aliphatic carbocycles. The third-order valence-corrected chi connectivity index (χ3v) is 3.27. The molecule has 0 unspecified atom stereocenters. The van der Waals surface area contributed by atoms with E-state index in [-0.39, 0.29) is 5.56 Å². The lowest BCUT2D eigenvalue weighted by atomic mass is 10.2. The van der Waals surface area contributed by atoms with Crippen molar-refractivity contribution in [3.8, 4) is 0 Å². The van der Waals surface area contributed by atoms with Gasteiger partial charge in [0.2, 0.25) is 0 Å². The minimum absolute atomic E-state index is 0.164. The van der Waals surface area contributed by atoms with Gasteiger partial charge in [0.1, 0.15) is 5.60 Å². The van der Waals surface area contributed by atoms with Crippen LogP contribution in [0.15, 0.2) is 18.2 Å². The predicted molar refractivity (Wildman–Crippen MR) is 76.4 cm³/mol. The molecule has 20 heavy (non-hydrogen) atoms. The zero-order valence-corrected chi connectivity index (χ0v) is 12.1. The molecular weight excluding hydrogens is 280 g/mol. The maximum atomic E-state index is 11.6. The Hall–Kier alpha value is -2.15. The first-order valence-corrected chi connectivity index (χ1v) is 6.71. The normalized spacial score (nSPS) is 11.3. The van der Waals surface area contributed by atoms with E-state index >= 15 is 0 Å². The molecule has 0 fully saturated rings. The summed E-state index contributed by atoms with van der Waals surface area (Å²) >= 11 is 1.10. The summed E-state index contributed by atoms with van der Waals surface area (Å²) in [5.74, 6) is -1.02. The average Bonchev–Trinajstić information content (AvgIpc) is 2.67. The fourth-order valence-electron chi connectivity index (χ4n) is 1.56. The second-order valence-electron chi connectivity index (χ2n) is 5.10. The van der Waals surface area contributed by atoms with Gasteiger partial charge in [-0.3, -0.25) is 5.32 Å². The molecule has 0 spiro atoms. The third kappa shape index (κ3) is 3.24. The first-order valence-electron chi connectivity index (χ1n) is 5.89. The molecule has 0 aliphatic heterocycles. The van der Waals surface area contributed by atoms with E-state index in [1.54, 1.807) is 32.9 Å². The number of carboxylic acid groups (broad SMARTS) is 1. The first-order chi connectivity index (χ1) is 9.26. The molecule has 0 saturated carbocycles. The van der Waals surface area contributed by atoms with Gasteiger partial charge in [0.15, 0.2) is 5.13 Å². The number of ether oxygens (including phenoxy) is 1. The van der Waals surface area contributed by atoms with Crippen LogP contribution < -0.4 is 5.32 Å². The van der Waals surface area contributed by atoms with Crippen LogP contribution in [0.3, 0.4) is 0 Å². The van der Waals surface area contributed by atoms with E-state index in [4.69, 9.17) is 9.84 Å². The zero-order chi connectivity index (χ0) is 14.9. The van der Waals surface area contributed by atoms with Crippen LogP contribution in [0.5, 0.6) is 0 Å². The van der Waals surface area contributed by atoms with Gasteiger partial charge in [-0.2, -0.15) is 0 Å². The summed E-state index contributed by atoms with van der Waals surface area (Å²) in [7, 11) is 0. The average molecular weight is 294 g/mol. The Labute approximate surface area is 119 Å². The van der Waals surface area contributed by atoms with E-state index in [9.17, 15) is 9.59 Å². The second-order valence-corrected chi connectivity index (χ2v) is 6.10. The molecule has 0 saturated heterocycles. The number of carboxylic acids is 1. The molecule has 0 aliphatic rings. The number of hydrogen-bond acceptors (Lipinski definition) is 5. The maximum Gasteiger partial charge on any atom is 0.413 e. The number of anilines is 1. The summed E-state index contributed by atoms with van der Waals surface area (Å²) in [4.78, 5) is 26.9. The number of benzene rings is 1. The molecule has 1 heterocycles. The summed E-state index contributed by atoms with van der Waals surface area (Å²) in [6, 6.07) is 4.81. The van der Waals surface area contributed by atoms with Gasteiger partial charge in [-0.15, -0.1) is 0 Å². The SMILES string of the molecule is CC(C)(C)OC(=O)Nc1nc2cccc(C(=O)O)c2s1. The number of rotatable bonds is 2. The predicted octanol–water partition coefficient (Wildman–Crippen LogP) is 3.34. The van der Waals surface area contributed by atoms with E-state index in [0.29, 0.717) is 15.3 Å². The lowest BCUT2D eigenvalue weighted by molar-refractivity contribution is 0.0634. The molecule has 2 rings (SSSR count). The smallest absolute Gasteiger partial charge is 0.413 e. The number of nitrogens with zero attached hydrogens (tertiary/aromatic N) is 1. The van der Waals surface area contributed by atoms with Crippen molar-refractivity contribution in [1.29, 1.82) is 0 Å². The summed E-state index contributed by atoms with van der Waals surface area (Å²) in [5, 5.41) is 11.9. The quantitative estimate of drug-likeness (QED) is 0.886. The monoisotopic (exact) mass is 294 g/mol. The molecule has 2 aromatic rings. The van der Waals surface area contributed by atoms with Crippen LogP contribution in [0.2, 0.25) is 0 Å². The highest BCUT2D eigenvalue weighted by Gasteiger charge is 2.18. The standard InChI is InChI=1S/C13H14N2O4S/c1-13(2,3)19-12(18)15-11-14-8-6-4-5-7(10(16)17)9(8)20-11/h4-6H,1-3H3,(H,16,17)(H,14,15,18). The van der Waals surface area contributed by atoms with Gasteiger partial charge in [-0.25, -0.2) is 14.6 Å². The highest BCUT2D eigenvalue weighted by molar-refractivity contribution is 7.22. The fraction of sp³-hybridized carbons (Fsp3) is 0.308. The second kappa shape index (κ2) is 5.09. The largest absolute Gasteiger partial charge is 0.478 e. The number of nitrogens with one attached hydrogen (secondary N) is 1. The molecule has 1 aromatic heterocycles. The van der Waals surface area contributed by atoms with Crippen LogP contribution in [0.4, 0.5) is 9.93 Å². The Kier molecular flexibility index (Phi) is 3.63. The van der Waals surface area contributed by atoms with Crippen LogP contribution in [-0.4, -0.2) is 27.8 Å². The summed E-state index contributed by atoms with van der Waals surface area (Å²) < 4.78 is 5.64. The highest BCUT2D eigenvalue weighted by Crippen LogP contribution is 2.29. The van der Waals surface area contributed by atoms with Crippen molar-refractivity contribution in [3.63, 3.8) is 0 Å². The van der Waals surface area contributed by atoms with E-state index in [1.165, 1.54) is 6.07 Å². The molecule has 106 valence electrons. The third-order valence-electron chi connectivity index (χ3n) is 2.25. The molecule has 2 N–H and O–H groups in total. The van der Waals surface area contributed by atoms with Gasteiger partial charge in [0, 0.05) is 0 Å². The van der Waals surface area contributed by atoms with Crippen LogP contribution in [0.25, 0.3) is 10.2 Å². The zero-order valence-electron chi connectivity index (χ0n) is 11.3. The van der Waals surface area contributed by atoms with Crippen LogP contribution in [0.1, 0.15) is 31.1 Å². The number of aromatic nitrogens is 1. The number of fused-ring (bicyclic) bond motifs is 1. The lowest BCUT2D eigenvalue weighted by Gasteiger charge is -2.18. The molecule has 0 radical (unpaired) electrons. The number of carbonyl (C=O) groups is 2. The Morgan fingerprint density at radius 2 is 2.05 bits per heavy atom. The molecule has 6 nitrogen and oxygen atoms in total. The van der Waals surface area contributed by atoms with E-state index in [2.05, 4.69) is 10.3 Å². The van der Waals surface area contributed by atoms with Crippen LogP contribution >= 0.6 is 11.3 Å². The molecule has 1 amide bonds. The molecule has 0 atom stereocenters. The number of amides is 1. The Morgan fingerprint density at radius 1 is 1.35 bits per heavy atom. The summed E-state index contributed by atoms with van der Waals surface area (Å²) in [6.07, 6.45) is -0.617. The Bertz CT molecular complexity index is 673. The minimum Gasteiger partial charge on any atom is -0.478 e. The highest BCUT2D eigenvalue weighted by atomic mass is 32.1. The maximum absolute atomic E-state index is 11.6. The number of carbonyl (C=O) groups excluding carboxylic acids is 1. The fourth-order valence-corrected chi connectivity index (χ4v) is 2.52. The molecule has 0 bridgehead atoms. The van der Waals surface area contributed by atoms with Crippen molar-refractivity contribution in [1.82, 2.24) is 4.98 Å². The minimum atomic E-state index is -1.02. The van der Waals surface area contributed by atoms with Crippen molar-refractivity contribution in [2.45, 2.75) is 26.4 Å². The number of thiazole rings is 1. The number of aromatic carboxylic acids is 1. The van der Waals surface area contributed by atoms with E-state index in [1.807, 2.05) is 0 Å². The topological polar surface area (TPSA) is 88.5 Å². The Morgan fingerprint density at radius 3 is 2.65 bits per heavy atom. The van der Waals surface area contributed by atoms with Gasteiger partial charge in [0.25, 0.3) is 0 Å². The van der Waals surface area contributed by atoms with Crippen LogP contribution in [0, 0.1) is 0 Å². The summed E-state index contributed by atoms with van der Waals surface area (Å²) in [5.41, 5.74) is 0.0886.